The molecule has 1 saturated heterocycles. The number of hydrogen-bond donors (Lipinski definition) is 1. The van der Waals surface area contributed by atoms with Crippen molar-refractivity contribution in [1.82, 2.24) is 10.2 Å². The summed E-state index contributed by atoms with van der Waals surface area (Å²) in [6.07, 6.45) is 9.74. The molecule has 0 aromatic rings. The van der Waals surface area contributed by atoms with Gasteiger partial charge in [-0.3, -0.25) is 5.32 Å². The molecule has 2 atom stereocenters. The molecule has 3 fully saturated rings. The number of rotatable bonds is 3. The molecule has 0 amide bonds. The first kappa shape index (κ1) is 14.4. The molecule has 1 heterocycles. The van der Waals surface area contributed by atoms with Gasteiger partial charge in [0.1, 0.15) is 5.54 Å². The number of hydrogen-bond acceptors (Lipinski definition) is 3. The largest absolute Gasteiger partial charge is 0.300 e. The first-order chi connectivity index (χ1) is 9.52. The van der Waals surface area contributed by atoms with Gasteiger partial charge in [-0.2, -0.15) is 5.26 Å². The van der Waals surface area contributed by atoms with E-state index >= 15 is 0 Å². The third-order valence-corrected chi connectivity index (χ3v) is 5.66. The molecule has 2 unspecified atom stereocenters. The van der Waals surface area contributed by atoms with Gasteiger partial charge in [0, 0.05) is 12.1 Å². The van der Waals surface area contributed by atoms with E-state index in [9.17, 15) is 5.26 Å². The van der Waals surface area contributed by atoms with Gasteiger partial charge in [-0.1, -0.05) is 13.8 Å². The Morgan fingerprint density at radius 3 is 2.40 bits per heavy atom. The summed E-state index contributed by atoms with van der Waals surface area (Å²) < 4.78 is 0. The highest BCUT2D eigenvalue weighted by molar-refractivity contribution is 5.13. The Morgan fingerprint density at radius 2 is 1.80 bits per heavy atom. The van der Waals surface area contributed by atoms with Crippen LogP contribution < -0.4 is 5.32 Å². The van der Waals surface area contributed by atoms with Crippen molar-refractivity contribution >= 4 is 0 Å². The zero-order valence-corrected chi connectivity index (χ0v) is 13.1. The van der Waals surface area contributed by atoms with Crippen molar-refractivity contribution in [2.24, 2.45) is 5.41 Å². The van der Waals surface area contributed by atoms with Crippen LogP contribution in [-0.4, -0.2) is 35.6 Å². The van der Waals surface area contributed by atoms with Crippen molar-refractivity contribution in [3.05, 3.63) is 0 Å². The first-order valence-electron chi connectivity index (χ1n) is 8.45. The number of piperidine rings is 1. The highest BCUT2D eigenvalue weighted by Crippen LogP contribution is 2.37. The number of nitriles is 1. The molecule has 2 saturated carbocycles. The molecule has 20 heavy (non-hydrogen) atoms. The molecule has 0 aromatic heterocycles. The quantitative estimate of drug-likeness (QED) is 0.860. The molecular weight excluding hydrogens is 246 g/mol. The van der Waals surface area contributed by atoms with Crippen LogP contribution in [0.1, 0.15) is 65.2 Å². The van der Waals surface area contributed by atoms with Crippen LogP contribution in [0, 0.1) is 16.7 Å². The second-order valence-electron chi connectivity index (χ2n) is 8.06. The van der Waals surface area contributed by atoms with Crippen LogP contribution in [0.2, 0.25) is 0 Å². The van der Waals surface area contributed by atoms with Crippen molar-refractivity contribution in [2.75, 3.05) is 13.1 Å². The second kappa shape index (κ2) is 5.31. The van der Waals surface area contributed by atoms with Crippen LogP contribution in [0.3, 0.4) is 0 Å². The van der Waals surface area contributed by atoms with E-state index < -0.39 is 0 Å². The molecule has 3 aliphatic rings. The maximum absolute atomic E-state index is 9.69. The van der Waals surface area contributed by atoms with Crippen LogP contribution in [0.15, 0.2) is 0 Å². The van der Waals surface area contributed by atoms with E-state index in [-0.39, 0.29) is 5.54 Å². The zero-order chi connectivity index (χ0) is 14.2. The third-order valence-electron chi connectivity index (χ3n) is 5.66. The Bertz CT molecular complexity index is 384. The molecule has 3 rings (SSSR count). The van der Waals surface area contributed by atoms with E-state index in [1.807, 2.05) is 0 Å². The number of nitrogens with zero attached hydrogens (tertiary/aromatic N) is 2. The monoisotopic (exact) mass is 275 g/mol. The van der Waals surface area contributed by atoms with Gasteiger partial charge in [0.05, 0.1) is 6.07 Å². The van der Waals surface area contributed by atoms with Crippen molar-refractivity contribution in [2.45, 2.75) is 82.8 Å². The predicted molar refractivity (Wildman–Crippen MR) is 81.3 cm³/mol. The minimum absolute atomic E-state index is 0.225. The minimum atomic E-state index is -0.225. The van der Waals surface area contributed by atoms with Gasteiger partial charge in [-0.05, 0) is 69.9 Å². The smallest absolute Gasteiger partial charge is 0.108 e. The van der Waals surface area contributed by atoms with E-state index in [1.54, 1.807) is 0 Å². The Kier molecular flexibility index (Phi) is 3.81. The van der Waals surface area contributed by atoms with Crippen LogP contribution in [0.25, 0.3) is 0 Å². The average molecular weight is 275 g/mol. The van der Waals surface area contributed by atoms with Gasteiger partial charge in [-0.25, -0.2) is 0 Å². The van der Waals surface area contributed by atoms with Crippen LogP contribution >= 0.6 is 0 Å². The lowest BCUT2D eigenvalue weighted by Crippen LogP contribution is -2.55. The molecule has 0 radical (unpaired) electrons. The summed E-state index contributed by atoms with van der Waals surface area (Å²) in [5.41, 5.74) is 0.292. The molecule has 112 valence electrons. The lowest BCUT2D eigenvalue weighted by Gasteiger charge is -2.46. The summed E-state index contributed by atoms with van der Waals surface area (Å²) in [7, 11) is 0. The van der Waals surface area contributed by atoms with Gasteiger partial charge in [-0.15, -0.1) is 0 Å². The fraction of sp³-hybridized carbons (Fsp3) is 0.941. The van der Waals surface area contributed by atoms with E-state index in [4.69, 9.17) is 0 Å². The van der Waals surface area contributed by atoms with Gasteiger partial charge in [0.15, 0.2) is 0 Å². The standard InChI is InChI=1S/C17H29N3/c1-16(2)8-10-20(11-9-16)15-4-3-7-17(12-15,13-18)19-14-5-6-14/h14-15,19H,3-12H2,1-2H3. The molecular formula is C17H29N3. The van der Waals surface area contributed by atoms with Crippen molar-refractivity contribution in [3.8, 4) is 6.07 Å². The molecule has 0 spiro atoms. The van der Waals surface area contributed by atoms with Gasteiger partial charge in [0.25, 0.3) is 0 Å². The first-order valence-corrected chi connectivity index (χ1v) is 8.45. The molecule has 2 aliphatic carbocycles. The Morgan fingerprint density at radius 1 is 1.10 bits per heavy atom. The third kappa shape index (κ3) is 3.18. The minimum Gasteiger partial charge on any atom is -0.300 e. The topological polar surface area (TPSA) is 39.1 Å². The van der Waals surface area contributed by atoms with Crippen LogP contribution in [0.4, 0.5) is 0 Å². The summed E-state index contributed by atoms with van der Waals surface area (Å²) in [5, 5.41) is 13.3. The van der Waals surface area contributed by atoms with E-state index in [2.05, 4.69) is 30.1 Å². The average Bonchev–Trinajstić information content (AvgIpc) is 3.23. The normalized spacial score (nSPS) is 38.4. The summed E-state index contributed by atoms with van der Waals surface area (Å²) >= 11 is 0. The van der Waals surface area contributed by atoms with Gasteiger partial charge < -0.3 is 4.90 Å². The number of nitrogens with one attached hydrogen (secondary N) is 1. The molecule has 0 aromatic carbocycles. The lowest BCUT2D eigenvalue weighted by atomic mass is 9.77. The van der Waals surface area contributed by atoms with E-state index in [0.29, 0.717) is 17.5 Å². The fourth-order valence-corrected chi connectivity index (χ4v) is 3.94. The Balaban J connectivity index is 1.61. The fourth-order valence-electron chi connectivity index (χ4n) is 3.94. The predicted octanol–water partition coefficient (Wildman–Crippen LogP) is 3.07. The molecule has 0 bridgehead atoms. The zero-order valence-electron chi connectivity index (χ0n) is 13.1. The maximum atomic E-state index is 9.69. The molecule has 1 N–H and O–H groups in total. The highest BCUT2D eigenvalue weighted by atomic mass is 15.2. The number of likely N-dealkylation sites (tertiary alicyclic amines) is 1. The van der Waals surface area contributed by atoms with Crippen LogP contribution in [-0.2, 0) is 0 Å². The summed E-state index contributed by atoms with van der Waals surface area (Å²) in [6, 6.07) is 3.90. The van der Waals surface area contributed by atoms with Crippen LogP contribution in [0.5, 0.6) is 0 Å². The summed E-state index contributed by atoms with van der Waals surface area (Å²) in [4.78, 5) is 2.67. The molecule has 3 nitrogen and oxygen atoms in total. The van der Waals surface area contributed by atoms with Gasteiger partial charge in [0.2, 0.25) is 0 Å². The van der Waals surface area contributed by atoms with E-state index in [1.165, 1.54) is 51.6 Å². The maximum Gasteiger partial charge on any atom is 0.108 e. The van der Waals surface area contributed by atoms with Crippen molar-refractivity contribution in [3.63, 3.8) is 0 Å². The van der Waals surface area contributed by atoms with Gasteiger partial charge >= 0.3 is 0 Å². The SMILES string of the molecule is CC1(C)CCN(C2CCCC(C#N)(NC3CC3)C2)CC1. The Hall–Kier alpha value is -0.590. The Labute approximate surface area is 123 Å². The lowest BCUT2D eigenvalue weighted by molar-refractivity contribution is 0.0596. The van der Waals surface area contributed by atoms with Crippen molar-refractivity contribution < 1.29 is 0 Å². The van der Waals surface area contributed by atoms with Crippen molar-refractivity contribution in [1.29, 1.82) is 5.26 Å². The summed E-state index contributed by atoms with van der Waals surface area (Å²) in [6.45, 7) is 7.23. The van der Waals surface area contributed by atoms with E-state index in [0.717, 1.165) is 12.8 Å². The highest BCUT2D eigenvalue weighted by Gasteiger charge is 2.42. The second-order valence-corrected chi connectivity index (χ2v) is 8.06. The molecule has 3 heteroatoms. The summed E-state index contributed by atoms with van der Waals surface area (Å²) in [5.74, 6) is 0. The molecule has 1 aliphatic heterocycles.